The summed E-state index contributed by atoms with van der Waals surface area (Å²) < 4.78 is 39.8. The smallest absolute Gasteiger partial charge is 0.406 e. The van der Waals surface area contributed by atoms with Gasteiger partial charge in [0.15, 0.2) is 0 Å². The standard InChI is InChI=1S/C14H10F3N3O/c15-14(16,17)21-12-4-1-10(2-5-12)8-19-13-6-3-11(7-18)9-20-13/h1-6,9H,8H2,(H,19,20). The van der Waals surface area contributed by atoms with Gasteiger partial charge in [0.05, 0.1) is 5.56 Å². The molecule has 0 saturated heterocycles. The van der Waals surface area contributed by atoms with Crippen molar-refractivity contribution in [3.05, 3.63) is 53.7 Å². The summed E-state index contributed by atoms with van der Waals surface area (Å²) in [5.41, 5.74) is 1.23. The van der Waals surface area contributed by atoms with Crippen LogP contribution in [0.2, 0.25) is 0 Å². The summed E-state index contributed by atoms with van der Waals surface area (Å²) in [6, 6.07) is 10.8. The number of ether oxygens (including phenoxy) is 1. The molecule has 1 heterocycles. The summed E-state index contributed by atoms with van der Waals surface area (Å²) in [6.45, 7) is 0.394. The van der Waals surface area contributed by atoms with Crippen LogP contribution in [0.25, 0.3) is 0 Å². The van der Waals surface area contributed by atoms with Gasteiger partial charge in [-0.2, -0.15) is 5.26 Å². The van der Waals surface area contributed by atoms with Crippen LogP contribution in [0.5, 0.6) is 5.75 Å². The number of halogens is 3. The zero-order valence-electron chi connectivity index (χ0n) is 10.7. The molecule has 4 nitrogen and oxygen atoms in total. The third kappa shape index (κ3) is 4.69. The van der Waals surface area contributed by atoms with Crippen molar-refractivity contribution < 1.29 is 17.9 Å². The molecule has 1 aromatic carbocycles. The van der Waals surface area contributed by atoms with Crippen molar-refractivity contribution in [2.24, 2.45) is 0 Å². The first-order valence-corrected chi connectivity index (χ1v) is 5.91. The Labute approximate surface area is 118 Å². The third-order valence-corrected chi connectivity index (χ3v) is 2.52. The van der Waals surface area contributed by atoms with E-state index in [2.05, 4.69) is 15.0 Å². The number of nitrogens with zero attached hydrogens (tertiary/aromatic N) is 2. The van der Waals surface area contributed by atoms with E-state index in [-0.39, 0.29) is 5.75 Å². The Balaban J connectivity index is 1.92. The van der Waals surface area contributed by atoms with E-state index in [4.69, 9.17) is 5.26 Å². The molecule has 0 aliphatic carbocycles. The average molecular weight is 293 g/mol. The Kier molecular flexibility index (Phi) is 4.28. The average Bonchev–Trinajstić information content (AvgIpc) is 2.45. The van der Waals surface area contributed by atoms with Gasteiger partial charge in [0, 0.05) is 12.7 Å². The molecular formula is C14H10F3N3O. The van der Waals surface area contributed by atoms with Crippen molar-refractivity contribution in [2.45, 2.75) is 12.9 Å². The fourth-order valence-corrected chi connectivity index (χ4v) is 1.57. The fourth-order valence-electron chi connectivity index (χ4n) is 1.57. The van der Waals surface area contributed by atoms with Gasteiger partial charge < -0.3 is 10.1 Å². The molecule has 0 amide bonds. The van der Waals surface area contributed by atoms with Gasteiger partial charge in [0.2, 0.25) is 0 Å². The number of rotatable bonds is 4. The highest BCUT2D eigenvalue weighted by Crippen LogP contribution is 2.22. The summed E-state index contributed by atoms with van der Waals surface area (Å²) in [5, 5.41) is 11.6. The predicted octanol–water partition coefficient (Wildman–Crippen LogP) is 3.46. The molecule has 0 spiro atoms. The number of hydrogen-bond donors (Lipinski definition) is 1. The number of benzene rings is 1. The number of nitrogens with one attached hydrogen (secondary N) is 1. The van der Waals surface area contributed by atoms with Crippen molar-refractivity contribution in [2.75, 3.05) is 5.32 Å². The van der Waals surface area contributed by atoms with Crippen LogP contribution in [0.3, 0.4) is 0 Å². The maximum atomic E-state index is 12.0. The SMILES string of the molecule is N#Cc1ccc(NCc2ccc(OC(F)(F)F)cc2)nc1. The molecule has 1 aromatic heterocycles. The number of anilines is 1. The van der Waals surface area contributed by atoms with E-state index in [1.165, 1.54) is 30.5 Å². The molecule has 0 bridgehead atoms. The monoisotopic (exact) mass is 293 g/mol. The van der Waals surface area contributed by atoms with E-state index in [1.807, 2.05) is 6.07 Å². The second-order valence-electron chi connectivity index (χ2n) is 4.09. The Morgan fingerprint density at radius 1 is 1.14 bits per heavy atom. The van der Waals surface area contributed by atoms with Crippen molar-refractivity contribution >= 4 is 5.82 Å². The van der Waals surface area contributed by atoms with E-state index >= 15 is 0 Å². The van der Waals surface area contributed by atoms with E-state index in [1.54, 1.807) is 12.1 Å². The quantitative estimate of drug-likeness (QED) is 0.937. The minimum Gasteiger partial charge on any atom is -0.406 e. The van der Waals surface area contributed by atoms with Gasteiger partial charge in [-0.3, -0.25) is 0 Å². The predicted molar refractivity (Wildman–Crippen MR) is 69.4 cm³/mol. The molecule has 0 saturated carbocycles. The Morgan fingerprint density at radius 2 is 1.86 bits per heavy atom. The molecule has 7 heteroatoms. The van der Waals surface area contributed by atoms with Crippen LogP contribution in [-0.4, -0.2) is 11.3 Å². The van der Waals surface area contributed by atoms with Crippen molar-refractivity contribution in [1.29, 1.82) is 5.26 Å². The van der Waals surface area contributed by atoms with Crippen LogP contribution < -0.4 is 10.1 Å². The second-order valence-corrected chi connectivity index (χ2v) is 4.09. The Hall–Kier alpha value is -2.75. The zero-order valence-corrected chi connectivity index (χ0v) is 10.7. The van der Waals surface area contributed by atoms with Crippen LogP contribution in [0.4, 0.5) is 19.0 Å². The molecule has 0 unspecified atom stereocenters. The summed E-state index contributed by atoms with van der Waals surface area (Å²) in [4.78, 5) is 4.02. The number of aromatic nitrogens is 1. The lowest BCUT2D eigenvalue weighted by Crippen LogP contribution is -2.17. The number of alkyl halides is 3. The first-order valence-electron chi connectivity index (χ1n) is 5.91. The van der Waals surface area contributed by atoms with Crippen molar-refractivity contribution in [3.63, 3.8) is 0 Å². The summed E-state index contributed by atoms with van der Waals surface area (Å²) >= 11 is 0. The van der Waals surface area contributed by atoms with Gasteiger partial charge in [-0.1, -0.05) is 12.1 Å². The van der Waals surface area contributed by atoms with Crippen LogP contribution in [0.1, 0.15) is 11.1 Å². The molecule has 0 fully saturated rings. The summed E-state index contributed by atoms with van der Waals surface area (Å²) in [5.74, 6) is 0.312. The van der Waals surface area contributed by atoms with E-state index in [0.29, 0.717) is 17.9 Å². The summed E-state index contributed by atoms with van der Waals surface area (Å²) in [6.07, 6.45) is -3.26. The van der Waals surface area contributed by atoms with Gasteiger partial charge in [-0.25, -0.2) is 4.98 Å². The fraction of sp³-hybridized carbons (Fsp3) is 0.143. The topological polar surface area (TPSA) is 57.9 Å². The zero-order chi connectivity index (χ0) is 15.3. The number of pyridine rings is 1. The van der Waals surface area contributed by atoms with Crippen molar-refractivity contribution in [3.8, 4) is 11.8 Å². The van der Waals surface area contributed by atoms with Gasteiger partial charge >= 0.3 is 6.36 Å². The van der Waals surface area contributed by atoms with Gasteiger partial charge in [0.25, 0.3) is 0 Å². The molecule has 2 aromatic rings. The molecule has 108 valence electrons. The van der Waals surface area contributed by atoms with Crippen LogP contribution in [-0.2, 0) is 6.54 Å². The molecule has 21 heavy (non-hydrogen) atoms. The van der Waals surface area contributed by atoms with Crippen LogP contribution in [0, 0.1) is 11.3 Å². The maximum absolute atomic E-state index is 12.0. The molecule has 0 radical (unpaired) electrons. The lowest BCUT2D eigenvalue weighted by atomic mass is 10.2. The van der Waals surface area contributed by atoms with Gasteiger partial charge in [-0.15, -0.1) is 13.2 Å². The van der Waals surface area contributed by atoms with E-state index in [0.717, 1.165) is 5.56 Å². The third-order valence-electron chi connectivity index (χ3n) is 2.52. The lowest BCUT2D eigenvalue weighted by Gasteiger charge is -2.10. The first-order chi connectivity index (χ1) is 9.96. The lowest BCUT2D eigenvalue weighted by molar-refractivity contribution is -0.274. The Bertz CT molecular complexity index is 630. The van der Waals surface area contributed by atoms with Crippen molar-refractivity contribution in [1.82, 2.24) is 4.98 Å². The van der Waals surface area contributed by atoms with E-state index < -0.39 is 6.36 Å². The number of nitriles is 1. The minimum atomic E-state index is -4.69. The van der Waals surface area contributed by atoms with Crippen LogP contribution in [0.15, 0.2) is 42.6 Å². The van der Waals surface area contributed by atoms with Crippen LogP contribution >= 0.6 is 0 Å². The molecular weight excluding hydrogens is 283 g/mol. The van der Waals surface area contributed by atoms with Gasteiger partial charge in [0.1, 0.15) is 17.6 Å². The normalized spacial score (nSPS) is 10.8. The molecule has 0 aliphatic rings. The highest BCUT2D eigenvalue weighted by Gasteiger charge is 2.30. The first kappa shape index (κ1) is 14.7. The minimum absolute atomic E-state index is 0.261. The summed E-state index contributed by atoms with van der Waals surface area (Å²) in [7, 11) is 0. The Morgan fingerprint density at radius 3 is 2.38 bits per heavy atom. The molecule has 2 rings (SSSR count). The molecule has 0 atom stereocenters. The molecule has 0 aliphatic heterocycles. The highest BCUT2D eigenvalue weighted by molar-refractivity contribution is 5.40. The molecule has 1 N–H and O–H groups in total. The highest BCUT2D eigenvalue weighted by atomic mass is 19.4. The van der Waals surface area contributed by atoms with Gasteiger partial charge in [-0.05, 0) is 29.8 Å². The van der Waals surface area contributed by atoms with E-state index in [9.17, 15) is 13.2 Å². The maximum Gasteiger partial charge on any atom is 0.573 e. The largest absolute Gasteiger partial charge is 0.573 e. The second kappa shape index (κ2) is 6.13. The number of hydrogen-bond acceptors (Lipinski definition) is 4.